The number of hydrogen-bond donors (Lipinski definition) is 2. The van der Waals surface area contributed by atoms with Crippen molar-refractivity contribution >= 4 is 40.5 Å². The number of halogens is 1. The number of hydrogen-bond acceptors (Lipinski definition) is 6. The summed E-state index contributed by atoms with van der Waals surface area (Å²) in [5, 5.41) is 6.35. The van der Waals surface area contributed by atoms with Gasteiger partial charge >= 0.3 is 0 Å². The van der Waals surface area contributed by atoms with Crippen LogP contribution in [0.4, 0.5) is 17.1 Å². The van der Waals surface area contributed by atoms with E-state index < -0.39 is 0 Å². The summed E-state index contributed by atoms with van der Waals surface area (Å²) in [4.78, 5) is 30.5. The van der Waals surface area contributed by atoms with Gasteiger partial charge in [-0.05, 0) is 55.0 Å². The Balaban J connectivity index is 1.53. The molecule has 0 aliphatic carbocycles. The third-order valence-electron chi connectivity index (χ3n) is 6.44. The lowest BCUT2D eigenvalue weighted by Crippen LogP contribution is -2.47. The molecule has 9 heteroatoms. The van der Waals surface area contributed by atoms with E-state index in [1.54, 1.807) is 44.6 Å². The highest BCUT2D eigenvalue weighted by Gasteiger charge is 2.24. The minimum atomic E-state index is -0.294. The number of methoxy groups -OCH3 is 2. The van der Waals surface area contributed by atoms with E-state index in [4.69, 9.17) is 21.1 Å². The largest absolute Gasteiger partial charge is 0.495 e. The average Bonchev–Trinajstić information content (AvgIpc) is 2.95. The number of nitrogens with zero attached hydrogens (tertiary/aromatic N) is 2. The Morgan fingerprint density at radius 1 is 0.868 bits per heavy atom. The van der Waals surface area contributed by atoms with Gasteiger partial charge in [-0.15, -0.1) is 0 Å². The van der Waals surface area contributed by atoms with Crippen LogP contribution in [0.2, 0.25) is 5.02 Å². The molecule has 0 aromatic heterocycles. The first kappa shape index (κ1) is 27.3. The predicted octanol–water partition coefficient (Wildman–Crippen LogP) is 4.69. The third-order valence-corrected chi connectivity index (χ3v) is 6.68. The van der Waals surface area contributed by atoms with E-state index >= 15 is 0 Å². The molecule has 0 saturated carbocycles. The summed E-state index contributed by atoms with van der Waals surface area (Å²) in [5.74, 6) is 0.358. The van der Waals surface area contributed by atoms with Crippen LogP contribution in [-0.2, 0) is 4.74 Å². The van der Waals surface area contributed by atoms with Gasteiger partial charge in [0.25, 0.3) is 11.8 Å². The van der Waals surface area contributed by atoms with E-state index in [0.29, 0.717) is 41.4 Å². The van der Waals surface area contributed by atoms with E-state index in [2.05, 4.69) is 26.5 Å². The van der Waals surface area contributed by atoms with E-state index in [1.165, 1.54) is 0 Å². The topological polar surface area (TPSA) is 83.1 Å². The summed E-state index contributed by atoms with van der Waals surface area (Å²) in [6, 6.07) is 20.2. The number of carbonyl (C=O) groups is 2. The van der Waals surface area contributed by atoms with Crippen molar-refractivity contribution in [3.63, 3.8) is 0 Å². The number of rotatable bonds is 10. The molecule has 1 aliphatic rings. The minimum absolute atomic E-state index is 0.192. The van der Waals surface area contributed by atoms with Crippen molar-refractivity contribution in [2.75, 3.05) is 68.7 Å². The zero-order valence-corrected chi connectivity index (χ0v) is 22.5. The second-order valence-electron chi connectivity index (χ2n) is 8.94. The fraction of sp³-hybridized carbons (Fsp3) is 0.310. The summed E-state index contributed by atoms with van der Waals surface area (Å²) in [6.45, 7) is 4.08. The molecule has 200 valence electrons. The van der Waals surface area contributed by atoms with Crippen molar-refractivity contribution in [1.82, 2.24) is 5.32 Å². The zero-order valence-electron chi connectivity index (χ0n) is 21.7. The second-order valence-corrected chi connectivity index (χ2v) is 9.38. The van der Waals surface area contributed by atoms with Crippen LogP contribution in [-0.4, -0.2) is 65.4 Å². The van der Waals surface area contributed by atoms with Crippen LogP contribution < -0.4 is 25.2 Å². The number of carbonyl (C=O) groups excluding carboxylic acids is 2. The Bertz CT molecular complexity index is 1260. The monoisotopic (exact) mass is 536 g/mol. The third kappa shape index (κ3) is 6.76. The Kier molecular flexibility index (Phi) is 9.46. The number of amides is 2. The summed E-state index contributed by atoms with van der Waals surface area (Å²) < 4.78 is 10.6. The van der Waals surface area contributed by atoms with Crippen LogP contribution >= 0.6 is 11.6 Å². The molecule has 3 aromatic carbocycles. The molecule has 0 radical (unpaired) electrons. The minimum Gasteiger partial charge on any atom is -0.495 e. The highest BCUT2D eigenvalue weighted by molar-refractivity contribution is 6.31. The van der Waals surface area contributed by atoms with E-state index in [9.17, 15) is 9.59 Å². The van der Waals surface area contributed by atoms with Crippen LogP contribution in [0.15, 0.2) is 66.7 Å². The van der Waals surface area contributed by atoms with Crippen LogP contribution in [0.5, 0.6) is 5.75 Å². The molecule has 1 heterocycles. The molecule has 4 rings (SSSR count). The van der Waals surface area contributed by atoms with Crippen molar-refractivity contribution in [2.24, 2.45) is 0 Å². The molecule has 0 bridgehead atoms. The lowest BCUT2D eigenvalue weighted by molar-refractivity contribution is 0.0947. The van der Waals surface area contributed by atoms with Gasteiger partial charge in [-0.1, -0.05) is 29.8 Å². The van der Waals surface area contributed by atoms with Crippen LogP contribution in [0.1, 0.15) is 27.1 Å². The first-order valence-electron chi connectivity index (χ1n) is 12.6. The summed E-state index contributed by atoms with van der Waals surface area (Å²) in [6.07, 6.45) is 0.709. The van der Waals surface area contributed by atoms with Crippen molar-refractivity contribution in [1.29, 1.82) is 0 Å². The summed E-state index contributed by atoms with van der Waals surface area (Å²) >= 11 is 6.04. The highest BCUT2D eigenvalue weighted by Crippen LogP contribution is 2.31. The van der Waals surface area contributed by atoms with Gasteiger partial charge in [-0.2, -0.15) is 0 Å². The quantitative estimate of drug-likeness (QED) is 0.366. The van der Waals surface area contributed by atoms with Gasteiger partial charge in [-0.25, -0.2) is 0 Å². The molecule has 1 aliphatic heterocycles. The number of nitrogens with one attached hydrogen (secondary N) is 2. The van der Waals surface area contributed by atoms with Gasteiger partial charge in [-0.3, -0.25) is 9.59 Å². The van der Waals surface area contributed by atoms with Crippen molar-refractivity contribution in [2.45, 2.75) is 6.42 Å². The first-order valence-corrected chi connectivity index (χ1v) is 13.0. The zero-order chi connectivity index (χ0) is 26.9. The Morgan fingerprint density at radius 3 is 2.32 bits per heavy atom. The lowest BCUT2D eigenvalue weighted by Gasteiger charge is -2.38. The molecular formula is C29H33ClN4O4. The molecule has 2 amide bonds. The number of ether oxygens (including phenoxy) is 2. The van der Waals surface area contributed by atoms with Gasteiger partial charge < -0.3 is 29.9 Å². The predicted molar refractivity (Wildman–Crippen MR) is 152 cm³/mol. The average molecular weight is 537 g/mol. The Labute approximate surface area is 228 Å². The number of para-hydroxylation sites is 2. The summed E-state index contributed by atoms with van der Waals surface area (Å²) in [5.41, 5.74) is 3.38. The van der Waals surface area contributed by atoms with Crippen molar-refractivity contribution in [3.8, 4) is 5.75 Å². The summed E-state index contributed by atoms with van der Waals surface area (Å²) in [7, 11) is 3.32. The van der Waals surface area contributed by atoms with Gasteiger partial charge in [0.15, 0.2) is 0 Å². The van der Waals surface area contributed by atoms with Crippen molar-refractivity contribution < 1.29 is 19.1 Å². The fourth-order valence-corrected chi connectivity index (χ4v) is 4.69. The maximum Gasteiger partial charge on any atom is 0.255 e. The smallest absolute Gasteiger partial charge is 0.255 e. The van der Waals surface area contributed by atoms with E-state index in [0.717, 1.165) is 43.3 Å². The molecule has 2 N–H and O–H groups in total. The number of anilines is 3. The highest BCUT2D eigenvalue weighted by atomic mass is 35.5. The lowest BCUT2D eigenvalue weighted by atomic mass is 10.1. The van der Waals surface area contributed by atoms with E-state index in [-0.39, 0.29) is 11.8 Å². The van der Waals surface area contributed by atoms with Crippen LogP contribution in [0.25, 0.3) is 0 Å². The first-order chi connectivity index (χ1) is 18.5. The standard InChI is InChI=1S/C29H33ClN4O4/c1-37-18-6-13-31-29(36)24-20-23(32-28(35)21-7-5-8-22(30)19-21)11-12-25(24)33-14-16-34(17-15-33)26-9-3-4-10-27(26)38-2/h3-5,7-12,19-20H,6,13-18H2,1-2H3,(H,31,36)(H,32,35). The van der Waals surface area contributed by atoms with Crippen LogP contribution in [0.3, 0.4) is 0 Å². The molecular weight excluding hydrogens is 504 g/mol. The molecule has 38 heavy (non-hydrogen) atoms. The van der Waals surface area contributed by atoms with Crippen LogP contribution in [0, 0.1) is 0 Å². The van der Waals surface area contributed by atoms with E-state index in [1.807, 2.05) is 30.3 Å². The van der Waals surface area contributed by atoms with Crippen molar-refractivity contribution in [3.05, 3.63) is 82.9 Å². The van der Waals surface area contributed by atoms with Gasteiger partial charge in [0, 0.05) is 68.4 Å². The maximum absolute atomic E-state index is 13.3. The normalized spacial score (nSPS) is 13.2. The number of piperazine rings is 1. The van der Waals surface area contributed by atoms with Gasteiger partial charge in [0.2, 0.25) is 0 Å². The second kappa shape index (κ2) is 13.2. The SMILES string of the molecule is COCCCNC(=O)c1cc(NC(=O)c2cccc(Cl)c2)ccc1N1CCN(c2ccccc2OC)CC1. The van der Waals surface area contributed by atoms with Gasteiger partial charge in [0.05, 0.1) is 18.4 Å². The molecule has 3 aromatic rings. The molecule has 8 nitrogen and oxygen atoms in total. The molecule has 0 atom stereocenters. The molecule has 1 saturated heterocycles. The maximum atomic E-state index is 13.3. The van der Waals surface area contributed by atoms with Gasteiger partial charge in [0.1, 0.15) is 5.75 Å². The molecule has 0 unspecified atom stereocenters. The molecule has 1 fully saturated rings. The Hall–Kier alpha value is -3.75. The molecule has 0 spiro atoms. The fourth-order valence-electron chi connectivity index (χ4n) is 4.50. The number of benzene rings is 3. The Morgan fingerprint density at radius 2 is 1.61 bits per heavy atom.